The molecule has 0 bridgehead atoms. The third kappa shape index (κ3) is 2.60. The van der Waals surface area contributed by atoms with Gasteiger partial charge in [-0.15, -0.1) is 0 Å². The Morgan fingerprint density at radius 2 is 1.88 bits per heavy atom. The lowest BCUT2D eigenvalue weighted by Gasteiger charge is -2.35. The van der Waals surface area contributed by atoms with E-state index in [1.54, 1.807) is 0 Å². The van der Waals surface area contributed by atoms with Crippen LogP contribution < -0.4 is 5.73 Å². The summed E-state index contributed by atoms with van der Waals surface area (Å²) in [6, 6.07) is 0.385. The molecule has 0 aromatic rings. The van der Waals surface area contributed by atoms with E-state index in [1.165, 1.54) is 38.5 Å². The van der Waals surface area contributed by atoms with Crippen LogP contribution in [0.5, 0.6) is 0 Å². The minimum atomic E-state index is 0.385. The number of nitrogens with two attached hydrogens (primary N) is 1. The molecule has 2 nitrogen and oxygen atoms in total. The summed E-state index contributed by atoms with van der Waals surface area (Å²) in [5, 5.41) is 0. The van der Waals surface area contributed by atoms with Crippen molar-refractivity contribution in [3.05, 3.63) is 0 Å². The maximum atomic E-state index is 6.45. The smallest absolute Gasteiger partial charge is 0.0590 e. The Bertz CT molecular complexity index is 211. The second kappa shape index (κ2) is 5.50. The van der Waals surface area contributed by atoms with Gasteiger partial charge in [-0.3, -0.25) is 0 Å². The summed E-state index contributed by atoms with van der Waals surface area (Å²) in [5.74, 6) is 2.35. The standard InChI is InChI=1S/C14H27NO/c1-3-11-4-6-12(7-5-11)14(15)13-8-9-16-10(13)2/h10-14H,3-9,15H2,1-2H3. The highest BCUT2D eigenvalue weighted by Crippen LogP contribution is 2.36. The van der Waals surface area contributed by atoms with Crippen LogP contribution in [0.3, 0.4) is 0 Å². The summed E-state index contributed by atoms with van der Waals surface area (Å²) in [6.07, 6.45) is 8.42. The molecule has 1 aliphatic carbocycles. The summed E-state index contributed by atoms with van der Waals surface area (Å²) >= 11 is 0. The van der Waals surface area contributed by atoms with Crippen LogP contribution in [-0.2, 0) is 4.74 Å². The monoisotopic (exact) mass is 225 g/mol. The van der Waals surface area contributed by atoms with E-state index in [1.807, 2.05) is 0 Å². The van der Waals surface area contributed by atoms with Crippen LogP contribution in [0.4, 0.5) is 0 Å². The van der Waals surface area contributed by atoms with Crippen LogP contribution in [-0.4, -0.2) is 18.8 Å². The summed E-state index contributed by atoms with van der Waals surface area (Å²) in [7, 11) is 0. The van der Waals surface area contributed by atoms with Crippen molar-refractivity contribution < 1.29 is 4.74 Å². The Morgan fingerprint density at radius 1 is 1.19 bits per heavy atom. The van der Waals surface area contributed by atoms with Crippen LogP contribution in [0.25, 0.3) is 0 Å². The molecule has 1 aliphatic heterocycles. The van der Waals surface area contributed by atoms with E-state index >= 15 is 0 Å². The van der Waals surface area contributed by atoms with Gasteiger partial charge in [0.15, 0.2) is 0 Å². The zero-order chi connectivity index (χ0) is 11.5. The number of rotatable bonds is 3. The van der Waals surface area contributed by atoms with Gasteiger partial charge in [-0.25, -0.2) is 0 Å². The lowest BCUT2D eigenvalue weighted by molar-refractivity contribution is 0.0865. The fourth-order valence-electron chi connectivity index (χ4n) is 3.58. The fourth-order valence-corrected chi connectivity index (χ4v) is 3.58. The molecule has 3 atom stereocenters. The lowest BCUT2D eigenvalue weighted by Crippen LogP contribution is -2.42. The van der Waals surface area contributed by atoms with Crippen molar-refractivity contribution in [2.45, 2.75) is 64.5 Å². The van der Waals surface area contributed by atoms with Crippen molar-refractivity contribution in [3.63, 3.8) is 0 Å². The quantitative estimate of drug-likeness (QED) is 0.801. The average Bonchev–Trinajstić information content (AvgIpc) is 2.75. The van der Waals surface area contributed by atoms with E-state index in [2.05, 4.69) is 13.8 Å². The van der Waals surface area contributed by atoms with Crippen molar-refractivity contribution in [1.29, 1.82) is 0 Å². The Hall–Kier alpha value is -0.0800. The molecule has 2 heteroatoms. The molecule has 1 saturated carbocycles. The molecule has 16 heavy (non-hydrogen) atoms. The maximum Gasteiger partial charge on any atom is 0.0590 e. The van der Waals surface area contributed by atoms with Crippen molar-refractivity contribution in [1.82, 2.24) is 0 Å². The van der Waals surface area contributed by atoms with Crippen LogP contribution >= 0.6 is 0 Å². The van der Waals surface area contributed by atoms with E-state index in [9.17, 15) is 0 Å². The molecule has 0 radical (unpaired) electrons. The molecule has 1 heterocycles. The maximum absolute atomic E-state index is 6.45. The summed E-state index contributed by atoms with van der Waals surface area (Å²) < 4.78 is 5.64. The van der Waals surface area contributed by atoms with E-state index in [0.717, 1.165) is 18.4 Å². The number of hydrogen-bond donors (Lipinski definition) is 1. The molecule has 2 rings (SSSR count). The zero-order valence-corrected chi connectivity index (χ0v) is 10.8. The topological polar surface area (TPSA) is 35.2 Å². The molecular formula is C14H27NO. The van der Waals surface area contributed by atoms with Crippen molar-refractivity contribution in [2.75, 3.05) is 6.61 Å². The Balaban J connectivity index is 1.83. The van der Waals surface area contributed by atoms with Gasteiger partial charge in [0.2, 0.25) is 0 Å². The van der Waals surface area contributed by atoms with Gasteiger partial charge in [0.05, 0.1) is 6.10 Å². The normalized spacial score (nSPS) is 42.2. The molecule has 0 amide bonds. The number of hydrogen-bond acceptors (Lipinski definition) is 2. The van der Waals surface area contributed by atoms with Crippen molar-refractivity contribution in [3.8, 4) is 0 Å². The first kappa shape index (κ1) is 12.4. The van der Waals surface area contributed by atoms with Gasteiger partial charge in [0, 0.05) is 18.6 Å². The van der Waals surface area contributed by atoms with Gasteiger partial charge in [-0.05, 0) is 38.0 Å². The van der Waals surface area contributed by atoms with Crippen molar-refractivity contribution in [2.24, 2.45) is 23.5 Å². The van der Waals surface area contributed by atoms with Crippen LogP contribution in [0.15, 0.2) is 0 Å². The SMILES string of the molecule is CCC1CCC(C(N)C2CCOC2C)CC1. The summed E-state index contributed by atoms with van der Waals surface area (Å²) in [5.41, 5.74) is 6.45. The first-order valence-electron chi connectivity index (χ1n) is 7.09. The van der Waals surface area contributed by atoms with Gasteiger partial charge < -0.3 is 10.5 Å². The second-order valence-electron chi connectivity index (χ2n) is 5.79. The number of ether oxygens (including phenoxy) is 1. The van der Waals surface area contributed by atoms with Crippen LogP contribution in [0.1, 0.15) is 52.4 Å². The minimum absolute atomic E-state index is 0.385. The average molecular weight is 225 g/mol. The molecule has 0 aromatic heterocycles. The molecule has 0 spiro atoms. The molecular weight excluding hydrogens is 198 g/mol. The van der Waals surface area contributed by atoms with Gasteiger partial charge in [0.1, 0.15) is 0 Å². The van der Waals surface area contributed by atoms with Gasteiger partial charge >= 0.3 is 0 Å². The van der Waals surface area contributed by atoms with E-state index in [-0.39, 0.29) is 0 Å². The molecule has 3 unspecified atom stereocenters. The third-order valence-corrected chi connectivity index (χ3v) is 4.94. The highest BCUT2D eigenvalue weighted by atomic mass is 16.5. The molecule has 94 valence electrons. The second-order valence-corrected chi connectivity index (χ2v) is 5.79. The van der Waals surface area contributed by atoms with E-state index < -0.39 is 0 Å². The minimum Gasteiger partial charge on any atom is -0.378 e. The van der Waals surface area contributed by atoms with Crippen molar-refractivity contribution >= 4 is 0 Å². The molecule has 2 N–H and O–H groups in total. The predicted octanol–water partition coefficient (Wildman–Crippen LogP) is 2.96. The van der Waals surface area contributed by atoms with Gasteiger partial charge in [-0.2, -0.15) is 0 Å². The Kier molecular flexibility index (Phi) is 4.26. The first-order valence-corrected chi connectivity index (χ1v) is 7.09. The lowest BCUT2D eigenvalue weighted by atomic mass is 9.73. The zero-order valence-electron chi connectivity index (χ0n) is 10.8. The molecule has 2 fully saturated rings. The highest BCUT2D eigenvalue weighted by molar-refractivity contribution is 4.88. The Morgan fingerprint density at radius 3 is 2.38 bits per heavy atom. The van der Waals surface area contributed by atoms with Gasteiger partial charge in [0.25, 0.3) is 0 Å². The van der Waals surface area contributed by atoms with Gasteiger partial charge in [-0.1, -0.05) is 26.2 Å². The Labute approximate surface area is 99.9 Å². The van der Waals surface area contributed by atoms with Crippen LogP contribution in [0.2, 0.25) is 0 Å². The summed E-state index contributed by atoms with van der Waals surface area (Å²) in [6.45, 7) is 5.43. The molecule has 1 saturated heterocycles. The molecule has 2 aliphatic rings. The van der Waals surface area contributed by atoms with E-state index in [0.29, 0.717) is 18.1 Å². The van der Waals surface area contributed by atoms with E-state index in [4.69, 9.17) is 10.5 Å². The molecule has 0 aromatic carbocycles. The van der Waals surface area contributed by atoms with Crippen LogP contribution in [0, 0.1) is 17.8 Å². The third-order valence-electron chi connectivity index (χ3n) is 4.94. The first-order chi connectivity index (χ1) is 7.72. The highest BCUT2D eigenvalue weighted by Gasteiger charge is 2.35. The largest absolute Gasteiger partial charge is 0.378 e. The predicted molar refractivity (Wildman–Crippen MR) is 67.2 cm³/mol. The fraction of sp³-hybridized carbons (Fsp3) is 1.00. The summed E-state index contributed by atoms with van der Waals surface area (Å²) in [4.78, 5) is 0.